The molecule has 1 aliphatic carbocycles. The van der Waals surface area contributed by atoms with E-state index in [9.17, 15) is 22.4 Å². The average molecular weight is 575 g/mol. The summed E-state index contributed by atoms with van der Waals surface area (Å²) in [5, 5.41) is 3.29. The minimum absolute atomic E-state index is 0.00970. The highest BCUT2D eigenvalue weighted by Crippen LogP contribution is 2.47. The molecule has 2 aliphatic rings. The number of hydrogen-bond acceptors (Lipinski definition) is 4. The summed E-state index contributed by atoms with van der Waals surface area (Å²) in [6.07, 6.45) is 2.34. The number of amides is 1. The maximum atomic E-state index is 13.9. The zero-order valence-electron chi connectivity index (χ0n) is 22.2. The van der Waals surface area contributed by atoms with Crippen molar-refractivity contribution in [3.05, 3.63) is 87.4 Å². The molecule has 1 amide bonds. The molecule has 10 heteroatoms. The monoisotopic (exact) mass is 574 g/mol. The van der Waals surface area contributed by atoms with Crippen molar-refractivity contribution in [3.63, 3.8) is 0 Å². The Morgan fingerprint density at radius 1 is 1.10 bits per heavy atom. The number of aromatic nitrogens is 2. The first-order valence-corrected chi connectivity index (χ1v) is 14.0. The minimum Gasteiger partial charge on any atom is -0.348 e. The predicted octanol–water partition coefficient (Wildman–Crippen LogP) is 7.31. The van der Waals surface area contributed by atoms with Gasteiger partial charge in [-0.05, 0) is 73.1 Å². The van der Waals surface area contributed by atoms with E-state index in [1.165, 1.54) is 6.20 Å². The van der Waals surface area contributed by atoms with E-state index in [0.717, 1.165) is 69.3 Å². The number of rotatable bonds is 6. The summed E-state index contributed by atoms with van der Waals surface area (Å²) < 4.78 is 53.5. The van der Waals surface area contributed by atoms with Crippen LogP contribution in [0.2, 0.25) is 5.02 Å². The highest BCUT2D eigenvalue weighted by atomic mass is 35.5. The molecule has 0 spiro atoms. The molecule has 1 N–H and O–H groups in total. The maximum absolute atomic E-state index is 13.9. The van der Waals surface area contributed by atoms with Gasteiger partial charge in [0.15, 0.2) is 0 Å². The van der Waals surface area contributed by atoms with E-state index in [4.69, 9.17) is 16.6 Å². The Bertz CT molecular complexity index is 1370. The molecule has 212 valence electrons. The molecule has 2 aromatic carbocycles. The SMILES string of the molecule is CC1CCN(c2ncc(C(=O)NCc3cc(F)cc(C(F)(F)F)c3)c(C3(c4ccc(Cl)cc4)CCCC3)n2)CC1. The number of alkyl halides is 3. The van der Waals surface area contributed by atoms with Gasteiger partial charge in [-0.1, -0.05) is 43.5 Å². The quantitative estimate of drug-likeness (QED) is 0.314. The number of nitrogens with one attached hydrogen (secondary N) is 1. The fourth-order valence-corrected chi connectivity index (χ4v) is 5.99. The molecule has 0 bridgehead atoms. The van der Waals surface area contributed by atoms with Gasteiger partial charge in [-0.25, -0.2) is 14.4 Å². The minimum atomic E-state index is -4.70. The molecule has 0 unspecified atom stereocenters. The van der Waals surface area contributed by atoms with Crippen molar-refractivity contribution in [2.24, 2.45) is 5.92 Å². The van der Waals surface area contributed by atoms with Crippen molar-refractivity contribution in [1.82, 2.24) is 15.3 Å². The molecule has 5 nitrogen and oxygen atoms in total. The standard InChI is InChI=1S/C30H31ClF4N4O/c1-19-8-12-39(13-9-19)28-37-18-25(27(40)36-17-20-14-22(30(33,34)35)16-24(32)15-20)26(38-28)29(10-2-3-11-29)21-4-6-23(31)7-5-21/h4-7,14-16,18-19H,2-3,8-13,17H2,1H3,(H,36,40). The fourth-order valence-electron chi connectivity index (χ4n) is 5.87. The largest absolute Gasteiger partial charge is 0.416 e. The van der Waals surface area contributed by atoms with Crippen molar-refractivity contribution < 1.29 is 22.4 Å². The summed E-state index contributed by atoms with van der Waals surface area (Å²) >= 11 is 6.19. The first-order chi connectivity index (χ1) is 19.0. The molecule has 0 atom stereocenters. The fraction of sp³-hybridized carbons (Fsp3) is 0.433. The number of piperidine rings is 1. The molecular weight excluding hydrogens is 544 g/mol. The van der Waals surface area contributed by atoms with Gasteiger partial charge in [-0.2, -0.15) is 13.2 Å². The number of anilines is 1. The summed E-state index contributed by atoms with van der Waals surface area (Å²) in [6.45, 7) is 3.59. The van der Waals surface area contributed by atoms with Crippen LogP contribution in [0.15, 0.2) is 48.7 Å². The van der Waals surface area contributed by atoms with Crippen LogP contribution in [0.25, 0.3) is 0 Å². The summed E-state index contributed by atoms with van der Waals surface area (Å²) in [7, 11) is 0. The van der Waals surface area contributed by atoms with E-state index in [1.807, 2.05) is 24.3 Å². The molecule has 1 saturated heterocycles. The normalized spacial score (nSPS) is 17.7. The number of carbonyl (C=O) groups excluding carboxylic acids is 1. The summed E-state index contributed by atoms with van der Waals surface area (Å²) in [4.78, 5) is 25.3. The summed E-state index contributed by atoms with van der Waals surface area (Å²) in [5.41, 5.74) is 0.229. The summed E-state index contributed by atoms with van der Waals surface area (Å²) in [5.74, 6) is -0.349. The second-order valence-corrected chi connectivity index (χ2v) is 11.4. The Kier molecular flexibility index (Phi) is 8.04. The number of halogens is 5. The molecule has 5 rings (SSSR count). The van der Waals surface area contributed by atoms with E-state index in [1.54, 1.807) is 0 Å². The van der Waals surface area contributed by atoms with Crippen LogP contribution in [0, 0.1) is 11.7 Å². The van der Waals surface area contributed by atoms with Crippen molar-refractivity contribution in [2.45, 2.75) is 63.6 Å². The number of carbonyl (C=O) groups is 1. The van der Waals surface area contributed by atoms with Crippen LogP contribution in [0.5, 0.6) is 0 Å². The second kappa shape index (κ2) is 11.4. The van der Waals surface area contributed by atoms with Gasteiger partial charge in [0.05, 0.1) is 16.8 Å². The van der Waals surface area contributed by atoms with Gasteiger partial charge in [0.1, 0.15) is 5.82 Å². The lowest BCUT2D eigenvalue weighted by Crippen LogP contribution is -2.37. The van der Waals surface area contributed by atoms with Crippen LogP contribution in [-0.4, -0.2) is 29.0 Å². The van der Waals surface area contributed by atoms with Crippen molar-refractivity contribution in [3.8, 4) is 0 Å². The molecule has 1 saturated carbocycles. The van der Waals surface area contributed by atoms with Crippen molar-refractivity contribution in [1.29, 1.82) is 0 Å². The van der Waals surface area contributed by atoms with Gasteiger partial charge in [0.25, 0.3) is 5.91 Å². The van der Waals surface area contributed by atoms with Gasteiger partial charge in [0, 0.05) is 36.3 Å². The number of benzene rings is 2. The molecule has 1 aliphatic heterocycles. The molecule has 40 heavy (non-hydrogen) atoms. The van der Waals surface area contributed by atoms with Gasteiger partial charge >= 0.3 is 6.18 Å². The van der Waals surface area contributed by atoms with Crippen molar-refractivity contribution >= 4 is 23.5 Å². The van der Waals surface area contributed by atoms with Crippen molar-refractivity contribution in [2.75, 3.05) is 18.0 Å². The Morgan fingerprint density at radius 3 is 2.42 bits per heavy atom. The first kappa shape index (κ1) is 28.3. The average Bonchev–Trinajstić information content (AvgIpc) is 3.43. The lowest BCUT2D eigenvalue weighted by atomic mass is 9.74. The second-order valence-electron chi connectivity index (χ2n) is 10.9. The predicted molar refractivity (Wildman–Crippen MR) is 146 cm³/mol. The Balaban J connectivity index is 1.51. The van der Waals surface area contributed by atoms with E-state index >= 15 is 0 Å². The van der Waals surface area contributed by atoms with Crippen LogP contribution in [0.1, 0.15) is 78.2 Å². The third-order valence-corrected chi connectivity index (χ3v) is 8.38. The molecule has 3 aromatic rings. The van der Waals surface area contributed by atoms with Crippen LogP contribution in [-0.2, 0) is 18.1 Å². The van der Waals surface area contributed by atoms with Crippen LogP contribution in [0.3, 0.4) is 0 Å². The zero-order chi connectivity index (χ0) is 28.5. The molecule has 0 radical (unpaired) electrons. The maximum Gasteiger partial charge on any atom is 0.416 e. The van der Waals surface area contributed by atoms with Gasteiger partial charge in [-0.3, -0.25) is 4.79 Å². The van der Waals surface area contributed by atoms with Gasteiger partial charge < -0.3 is 10.2 Å². The highest BCUT2D eigenvalue weighted by Gasteiger charge is 2.42. The van der Waals surface area contributed by atoms with Gasteiger partial charge in [0.2, 0.25) is 5.95 Å². The van der Waals surface area contributed by atoms with E-state index in [-0.39, 0.29) is 17.7 Å². The summed E-state index contributed by atoms with van der Waals surface area (Å²) in [6, 6.07) is 9.84. The van der Waals surface area contributed by atoms with Crippen LogP contribution >= 0.6 is 11.6 Å². The zero-order valence-corrected chi connectivity index (χ0v) is 23.0. The first-order valence-electron chi connectivity index (χ1n) is 13.6. The Labute approximate surface area is 236 Å². The molecule has 2 fully saturated rings. The number of hydrogen-bond donors (Lipinski definition) is 1. The third kappa shape index (κ3) is 5.94. The lowest BCUT2D eigenvalue weighted by molar-refractivity contribution is -0.137. The highest BCUT2D eigenvalue weighted by molar-refractivity contribution is 6.30. The molecule has 2 heterocycles. The van der Waals surface area contributed by atoms with E-state index in [2.05, 4.69) is 22.1 Å². The lowest BCUT2D eigenvalue weighted by Gasteiger charge is -2.34. The molecular formula is C30H31ClF4N4O. The smallest absolute Gasteiger partial charge is 0.348 e. The van der Waals surface area contributed by atoms with Crippen LogP contribution < -0.4 is 10.2 Å². The van der Waals surface area contributed by atoms with Gasteiger partial charge in [-0.15, -0.1) is 0 Å². The van der Waals surface area contributed by atoms with Crippen LogP contribution in [0.4, 0.5) is 23.5 Å². The number of nitrogens with zero attached hydrogens (tertiary/aromatic N) is 3. The Morgan fingerprint density at radius 2 is 1.77 bits per heavy atom. The Hall–Kier alpha value is -3.20. The molecule has 1 aromatic heterocycles. The van der Waals surface area contributed by atoms with E-state index in [0.29, 0.717) is 28.6 Å². The van der Waals surface area contributed by atoms with E-state index < -0.39 is 28.9 Å². The third-order valence-electron chi connectivity index (χ3n) is 8.13. The topological polar surface area (TPSA) is 58.1 Å².